The van der Waals surface area contributed by atoms with Crippen LogP contribution in [0.4, 0.5) is 0 Å². The predicted molar refractivity (Wildman–Crippen MR) is 139 cm³/mol. The number of rotatable bonds is 10. The molecule has 1 aromatic heterocycles. The number of benzene rings is 2. The molecule has 0 spiro atoms. The number of nitrogens with zero attached hydrogens (tertiary/aromatic N) is 2. The van der Waals surface area contributed by atoms with Gasteiger partial charge in [0.2, 0.25) is 0 Å². The van der Waals surface area contributed by atoms with Gasteiger partial charge in [0, 0.05) is 32.1 Å². The standard InChI is InChI=1S/C25H32N4O2.HI/c1-4-23-22(24(5-2)31-29-23)16-28-25(26-3)27-15-20-13-9-10-14-21(20)18-30-17-19-11-7-6-8-12-19;/h6-14H,4-5,15-18H2,1-3H3,(H2,26,27,28);1H. The Morgan fingerprint density at radius 2 is 1.59 bits per heavy atom. The van der Waals surface area contributed by atoms with E-state index in [-0.39, 0.29) is 24.0 Å². The summed E-state index contributed by atoms with van der Waals surface area (Å²) in [5, 5.41) is 11.0. The molecule has 2 aromatic carbocycles. The average molecular weight is 548 g/mol. The first-order valence-corrected chi connectivity index (χ1v) is 10.8. The number of guanidine groups is 1. The van der Waals surface area contributed by atoms with Crippen LogP contribution >= 0.6 is 24.0 Å². The summed E-state index contributed by atoms with van der Waals surface area (Å²) in [6, 6.07) is 18.5. The van der Waals surface area contributed by atoms with Gasteiger partial charge in [-0.2, -0.15) is 0 Å². The van der Waals surface area contributed by atoms with Crippen molar-refractivity contribution in [1.82, 2.24) is 15.8 Å². The van der Waals surface area contributed by atoms with Crippen LogP contribution in [0.2, 0.25) is 0 Å². The van der Waals surface area contributed by atoms with E-state index in [9.17, 15) is 0 Å². The topological polar surface area (TPSA) is 71.7 Å². The maximum Gasteiger partial charge on any atom is 0.191 e. The lowest BCUT2D eigenvalue weighted by Gasteiger charge is -2.15. The molecule has 1 heterocycles. The predicted octanol–water partition coefficient (Wildman–Crippen LogP) is 5.00. The van der Waals surface area contributed by atoms with Crippen molar-refractivity contribution in [3.63, 3.8) is 0 Å². The molecular weight excluding hydrogens is 515 g/mol. The Balaban J connectivity index is 0.00000363. The Kier molecular flexibility index (Phi) is 11.2. The maximum atomic E-state index is 5.94. The number of ether oxygens (including phenoxy) is 1. The molecular formula is C25H33IN4O2. The maximum absolute atomic E-state index is 5.94. The van der Waals surface area contributed by atoms with Gasteiger partial charge in [0.05, 0.1) is 18.9 Å². The first kappa shape index (κ1) is 25.9. The molecule has 0 radical (unpaired) electrons. The molecule has 3 aromatic rings. The minimum absolute atomic E-state index is 0. The largest absolute Gasteiger partial charge is 0.372 e. The number of nitrogens with one attached hydrogen (secondary N) is 2. The Labute approximate surface area is 207 Å². The van der Waals surface area contributed by atoms with Crippen LogP contribution in [0.3, 0.4) is 0 Å². The first-order chi connectivity index (χ1) is 15.2. The number of hydrogen-bond donors (Lipinski definition) is 2. The molecule has 0 aliphatic rings. The van der Waals surface area contributed by atoms with Gasteiger partial charge in [-0.05, 0) is 23.1 Å². The average Bonchev–Trinajstić information content (AvgIpc) is 3.22. The number of halogens is 1. The second-order valence-electron chi connectivity index (χ2n) is 7.26. The van der Waals surface area contributed by atoms with E-state index in [1.54, 1.807) is 7.05 Å². The molecule has 0 aliphatic carbocycles. The van der Waals surface area contributed by atoms with Crippen LogP contribution in [-0.2, 0) is 43.9 Å². The fourth-order valence-corrected chi connectivity index (χ4v) is 3.43. The molecule has 0 fully saturated rings. The summed E-state index contributed by atoms with van der Waals surface area (Å²) in [7, 11) is 1.78. The Morgan fingerprint density at radius 1 is 0.906 bits per heavy atom. The third-order valence-electron chi connectivity index (χ3n) is 5.20. The molecule has 0 aliphatic heterocycles. The molecule has 7 heteroatoms. The van der Waals surface area contributed by atoms with E-state index in [4.69, 9.17) is 9.26 Å². The minimum atomic E-state index is 0. The van der Waals surface area contributed by atoms with E-state index in [1.807, 2.05) is 30.3 Å². The second kappa shape index (κ2) is 13.9. The Hall–Kier alpha value is -2.39. The normalized spacial score (nSPS) is 11.2. The molecule has 0 atom stereocenters. The van der Waals surface area contributed by atoms with Gasteiger partial charge in [0.25, 0.3) is 0 Å². The molecule has 0 unspecified atom stereocenters. The SMILES string of the molecule is CCc1noc(CC)c1CNC(=NC)NCc1ccccc1COCc1ccccc1.I. The zero-order valence-corrected chi connectivity index (χ0v) is 21.4. The summed E-state index contributed by atoms with van der Waals surface area (Å²) >= 11 is 0. The van der Waals surface area contributed by atoms with Gasteiger partial charge >= 0.3 is 0 Å². The van der Waals surface area contributed by atoms with Crippen molar-refractivity contribution < 1.29 is 9.26 Å². The van der Waals surface area contributed by atoms with Gasteiger partial charge in [0.15, 0.2) is 5.96 Å². The third-order valence-corrected chi connectivity index (χ3v) is 5.20. The van der Waals surface area contributed by atoms with E-state index < -0.39 is 0 Å². The molecule has 0 bridgehead atoms. The van der Waals surface area contributed by atoms with Crippen LogP contribution in [0.15, 0.2) is 64.1 Å². The van der Waals surface area contributed by atoms with E-state index >= 15 is 0 Å². The van der Waals surface area contributed by atoms with Crippen LogP contribution in [0.5, 0.6) is 0 Å². The van der Waals surface area contributed by atoms with E-state index in [0.29, 0.717) is 26.3 Å². The molecule has 6 nitrogen and oxygen atoms in total. The number of aromatic nitrogens is 1. The highest BCUT2D eigenvalue weighted by Crippen LogP contribution is 2.15. The van der Waals surface area contributed by atoms with Crippen molar-refractivity contribution in [1.29, 1.82) is 0 Å². The van der Waals surface area contributed by atoms with Gasteiger partial charge in [-0.3, -0.25) is 4.99 Å². The van der Waals surface area contributed by atoms with Gasteiger partial charge in [-0.25, -0.2) is 0 Å². The van der Waals surface area contributed by atoms with Crippen LogP contribution < -0.4 is 10.6 Å². The summed E-state index contributed by atoms with van der Waals surface area (Å²) in [5.74, 6) is 1.67. The van der Waals surface area contributed by atoms with Crippen LogP contribution in [0, 0.1) is 0 Å². The van der Waals surface area contributed by atoms with Crippen molar-refractivity contribution in [3.8, 4) is 0 Å². The Morgan fingerprint density at radius 3 is 2.28 bits per heavy atom. The van der Waals surface area contributed by atoms with E-state index in [0.717, 1.165) is 35.8 Å². The number of aryl methyl sites for hydroxylation is 2. The smallest absolute Gasteiger partial charge is 0.191 e. The van der Waals surface area contributed by atoms with Gasteiger partial charge in [-0.15, -0.1) is 24.0 Å². The highest BCUT2D eigenvalue weighted by atomic mass is 127. The minimum Gasteiger partial charge on any atom is -0.372 e. The summed E-state index contributed by atoms with van der Waals surface area (Å²) in [6.45, 7) is 6.63. The molecule has 0 amide bonds. The summed E-state index contributed by atoms with van der Waals surface area (Å²) in [5.41, 5.74) is 5.66. The highest BCUT2D eigenvalue weighted by Gasteiger charge is 2.13. The van der Waals surface area contributed by atoms with Gasteiger partial charge in [-0.1, -0.05) is 73.6 Å². The van der Waals surface area contributed by atoms with Gasteiger partial charge < -0.3 is 19.9 Å². The monoisotopic (exact) mass is 548 g/mol. The van der Waals surface area contributed by atoms with Crippen molar-refractivity contribution in [2.24, 2.45) is 4.99 Å². The highest BCUT2D eigenvalue weighted by molar-refractivity contribution is 14.0. The van der Waals surface area contributed by atoms with Crippen LogP contribution in [0.1, 0.15) is 47.6 Å². The number of aliphatic imine (C=N–C) groups is 1. The van der Waals surface area contributed by atoms with Crippen molar-refractivity contribution in [2.45, 2.75) is 53.0 Å². The summed E-state index contributed by atoms with van der Waals surface area (Å²) in [6.07, 6.45) is 1.68. The van der Waals surface area contributed by atoms with Crippen LogP contribution in [0.25, 0.3) is 0 Å². The lowest BCUT2D eigenvalue weighted by Crippen LogP contribution is -2.36. The number of hydrogen-bond acceptors (Lipinski definition) is 4. The molecule has 3 rings (SSSR count). The summed E-state index contributed by atoms with van der Waals surface area (Å²) < 4.78 is 11.4. The van der Waals surface area contributed by atoms with Crippen molar-refractivity contribution in [2.75, 3.05) is 7.05 Å². The van der Waals surface area contributed by atoms with Gasteiger partial charge in [0.1, 0.15) is 5.76 Å². The molecule has 2 N–H and O–H groups in total. The molecule has 0 saturated carbocycles. The van der Waals surface area contributed by atoms with E-state index in [1.165, 1.54) is 16.7 Å². The van der Waals surface area contributed by atoms with Crippen molar-refractivity contribution >= 4 is 29.9 Å². The lowest BCUT2D eigenvalue weighted by molar-refractivity contribution is 0.106. The zero-order valence-electron chi connectivity index (χ0n) is 19.1. The van der Waals surface area contributed by atoms with Crippen molar-refractivity contribution in [3.05, 3.63) is 88.3 Å². The third kappa shape index (κ3) is 7.34. The lowest BCUT2D eigenvalue weighted by atomic mass is 10.1. The molecule has 0 saturated heterocycles. The molecule has 172 valence electrons. The second-order valence-corrected chi connectivity index (χ2v) is 7.26. The fraction of sp³-hybridized carbons (Fsp3) is 0.360. The first-order valence-electron chi connectivity index (χ1n) is 10.8. The summed E-state index contributed by atoms with van der Waals surface area (Å²) in [4.78, 5) is 4.36. The quantitative estimate of drug-likeness (QED) is 0.212. The fourth-order valence-electron chi connectivity index (χ4n) is 3.43. The van der Waals surface area contributed by atoms with Crippen LogP contribution in [-0.4, -0.2) is 18.2 Å². The Bertz CT molecular complexity index is 952. The zero-order chi connectivity index (χ0) is 21.9. The molecule has 32 heavy (non-hydrogen) atoms. The van der Waals surface area contributed by atoms with E-state index in [2.05, 4.69) is 58.9 Å².